The van der Waals surface area contributed by atoms with Gasteiger partial charge in [-0.05, 0) is 19.1 Å². The number of rotatable bonds is 0. The molecule has 0 unspecified atom stereocenters. The number of nitrogen functional groups attached to an aromatic ring is 1. The molecule has 0 saturated carbocycles. The van der Waals surface area contributed by atoms with Gasteiger partial charge in [-0.2, -0.15) is 0 Å². The van der Waals surface area contributed by atoms with Gasteiger partial charge in [0.25, 0.3) is 0 Å². The minimum atomic E-state index is -0.241. The van der Waals surface area contributed by atoms with Crippen LogP contribution in [0.25, 0.3) is 0 Å². The van der Waals surface area contributed by atoms with Crippen LogP contribution in [-0.4, -0.2) is 0 Å². The van der Waals surface area contributed by atoms with E-state index in [0.717, 1.165) is 0 Å². The molecular formula is C11H20FN. The third kappa shape index (κ3) is 5.23. The van der Waals surface area contributed by atoms with E-state index in [1.807, 2.05) is 27.7 Å². The second kappa shape index (κ2) is 9.04. The maximum atomic E-state index is 12.5. The summed E-state index contributed by atoms with van der Waals surface area (Å²) in [6.07, 6.45) is 0. The normalized spacial score (nSPS) is 7.54. The zero-order chi connectivity index (χ0) is 10.9. The Kier molecular flexibility index (Phi) is 10.1. The number of nitrogens with two attached hydrogens (primary N) is 1. The van der Waals surface area contributed by atoms with Crippen molar-refractivity contribution < 1.29 is 4.39 Å². The van der Waals surface area contributed by atoms with Crippen LogP contribution in [0.2, 0.25) is 0 Å². The van der Waals surface area contributed by atoms with Gasteiger partial charge < -0.3 is 5.73 Å². The molecule has 0 aliphatic heterocycles. The SMILES string of the molecule is CC.CC.Cc1c(N)cccc1F. The van der Waals surface area contributed by atoms with Crippen molar-refractivity contribution in [3.63, 3.8) is 0 Å². The molecular weight excluding hydrogens is 165 g/mol. The van der Waals surface area contributed by atoms with Crippen LogP contribution in [0.1, 0.15) is 33.3 Å². The Labute approximate surface area is 80.8 Å². The van der Waals surface area contributed by atoms with Crippen LogP contribution in [0.4, 0.5) is 10.1 Å². The van der Waals surface area contributed by atoms with Crippen LogP contribution in [0, 0.1) is 12.7 Å². The Balaban J connectivity index is 0. The highest BCUT2D eigenvalue weighted by Crippen LogP contribution is 2.12. The molecule has 1 rings (SSSR count). The van der Waals surface area contributed by atoms with Gasteiger partial charge in [-0.15, -0.1) is 0 Å². The standard InChI is InChI=1S/C7H8FN.2C2H6/c1-5-6(8)3-2-4-7(5)9;2*1-2/h2-4H,9H2,1H3;2*1-2H3. The van der Waals surface area contributed by atoms with Crippen LogP contribution in [0.5, 0.6) is 0 Å². The number of hydrogen-bond acceptors (Lipinski definition) is 1. The molecule has 2 N–H and O–H groups in total. The molecule has 0 aromatic heterocycles. The fourth-order valence-electron chi connectivity index (χ4n) is 0.624. The van der Waals surface area contributed by atoms with Gasteiger partial charge in [-0.3, -0.25) is 0 Å². The first-order chi connectivity index (χ1) is 6.22. The van der Waals surface area contributed by atoms with Crippen LogP contribution >= 0.6 is 0 Å². The number of hydrogen-bond donors (Lipinski definition) is 1. The minimum Gasteiger partial charge on any atom is -0.398 e. The maximum absolute atomic E-state index is 12.5. The predicted molar refractivity (Wildman–Crippen MR) is 58.2 cm³/mol. The second-order valence-corrected chi connectivity index (χ2v) is 1.95. The van der Waals surface area contributed by atoms with Crippen molar-refractivity contribution in [1.29, 1.82) is 0 Å². The van der Waals surface area contributed by atoms with E-state index >= 15 is 0 Å². The van der Waals surface area contributed by atoms with Gasteiger partial charge in [0, 0.05) is 11.3 Å². The highest BCUT2D eigenvalue weighted by molar-refractivity contribution is 5.45. The first-order valence-electron chi connectivity index (χ1n) is 4.72. The van der Waals surface area contributed by atoms with E-state index < -0.39 is 0 Å². The Bertz CT molecular complexity index is 201. The summed E-state index contributed by atoms with van der Waals surface area (Å²) in [5.74, 6) is -0.241. The average Bonchev–Trinajstić information content (AvgIpc) is 2.20. The Morgan fingerprint density at radius 3 is 1.85 bits per heavy atom. The van der Waals surface area contributed by atoms with Gasteiger partial charge in [-0.1, -0.05) is 33.8 Å². The lowest BCUT2D eigenvalue weighted by molar-refractivity contribution is 0.619. The maximum Gasteiger partial charge on any atom is 0.128 e. The van der Waals surface area contributed by atoms with Crippen LogP contribution in [0.15, 0.2) is 18.2 Å². The molecule has 0 atom stereocenters. The molecule has 0 amide bonds. The lowest BCUT2D eigenvalue weighted by Gasteiger charge is -1.97. The Hall–Kier alpha value is -1.05. The molecule has 0 aliphatic rings. The minimum absolute atomic E-state index is 0.241. The van der Waals surface area contributed by atoms with Gasteiger partial charge in [0.2, 0.25) is 0 Å². The molecule has 1 aromatic carbocycles. The number of benzene rings is 1. The third-order valence-corrected chi connectivity index (χ3v) is 1.31. The van der Waals surface area contributed by atoms with Gasteiger partial charge in [0.05, 0.1) is 0 Å². The van der Waals surface area contributed by atoms with Gasteiger partial charge in [-0.25, -0.2) is 4.39 Å². The molecule has 0 bridgehead atoms. The van der Waals surface area contributed by atoms with Crippen LogP contribution in [0.3, 0.4) is 0 Å². The van der Waals surface area contributed by atoms with Gasteiger partial charge in [0.1, 0.15) is 5.82 Å². The van der Waals surface area contributed by atoms with Crippen molar-refractivity contribution >= 4 is 5.69 Å². The van der Waals surface area contributed by atoms with E-state index in [4.69, 9.17) is 5.73 Å². The van der Waals surface area contributed by atoms with Crippen molar-refractivity contribution in [3.8, 4) is 0 Å². The quantitative estimate of drug-likeness (QED) is 0.612. The molecule has 0 spiro atoms. The zero-order valence-corrected chi connectivity index (χ0v) is 9.19. The molecule has 2 heteroatoms. The van der Waals surface area contributed by atoms with E-state index in [0.29, 0.717) is 11.3 Å². The smallest absolute Gasteiger partial charge is 0.128 e. The summed E-state index contributed by atoms with van der Waals surface area (Å²) in [5, 5.41) is 0. The van der Waals surface area contributed by atoms with E-state index in [2.05, 4.69) is 0 Å². The van der Waals surface area contributed by atoms with Crippen LogP contribution in [-0.2, 0) is 0 Å². The summed E-state index contributed by atoms with van der Waals surface area (Å²) in [5.41, 5.74) is 6.42. The molecule has 0 saturated heterocycles. The monoisotopic (exact) mass is 185 g/mol. The van der Waals surface area contributed by atoms with Crippen molar-refractivity contribution in [2.45, 2.75) is 34.6 Å². The van der Waals surface area contributed by atoms with Crippen molar-refractivity contribution in [2.24, 2.45) is 0 Å². The molecule has 1 aromatic rings. The fraction of sp³-hybridized carbons (Fsp3) is 0.455. The molecule has 0 fully saturated rings. The fourth-order valence-corrected chi connectivity index (χ4v) is 0.624. The van der Waals surface area contributed by atoms with Gasteiger partial charge in [0.15, 0.2) is 0 Å². The Morgan fingerprint density at radius 1 is 1.08 bits per heavy atom. The van der Waals surface area contributed by atoms with E-state index in [-0.39, 0.29) is 5.82 Å². The lowest BCUT2D eigenvalue weighted by Crippen LogP contribution is -1.90. The molecule has 1 nitrogen and oxygen atoms in total. The first-order valence-corrected chi connectivity index (χ1v) is 4.72. The molecule has 0 aliphatic carbocycles. The number of halogens is 1. The van der Waals surface area contributed by atoms with E-state index in [9.17, 15) is 4.39 Å². The lowest BCUT2D eigenvalue weighted by atomic mass is 10.2. The number of anilines is 1. The first kappa shape index (κ1) is 14.5. The summed E-state index contributed by atoms with van der Waals surface area (Å²) in [7, 11) is 0. The Morgan fingerprint density at radius 2 is 1.54 bits per heavy atom. The summed E-state index contributed by atoms with van der Waals surface area (Å²) < 4.78 is 12.5. The second-order valence-electron chi connectivity index (χ2n) is 1.95. The molecule has 0 radical (unpaired) electrons. The summed E-state index contributed by atoms with van der Waals surface area (Å²) in [4.78, 5) is 0. The highest BCUT2D eigenvalue weighted by Gasteiger charge is 1.96. The molecule has 13 heavy (non-hydrogen) atoms. The van der Waals surface area contributed by atoms with Gasteiger partial charge >= 0.3 is 0 Å². The predicted octanol–water partition coefficient (Wildman–Crippen LogP) is 3.77. The van der Waals surface area contributed by atoms with E-state index in [1.54, 1.807) is 19.1 Å². The van der Waals surface area contributed by atoms with Crippen molar-refractivity contribution in [2.75, 3.05) is 5.73 Å². The highest BCUT2D eigenvalue weighted by atomic mass is 19.1. The van der Waals surface area contributed by atoms with Crippen LogP contribution < -0.4 is 5.73 Å². The third-order valence-electron chi connectivity index (χ3n) is 1.31. The summed E-state index contributed by atoms with van der Waals surface area (Å²) in [6, 6.07) is 4.67. The summed E-state index contributed by atoms with van der Waals surface area (Å²) in [6.45, 7) is 9.66. The zero-order valence-electron chi connectivity index (χ0n) is 9.19. The molecule has 76 valence electrons. The largest absolute Gasteiger partial charge is 0.398 e. The van der Waals surface area contributed by atoms with Crippen molar-refractivity contribution in [3.05, 3.63) is 29.6 Å². The molecule has 0 heterocycles. The topological polar surface area (TPSA) is 26.0 Å². The average molecular weight is 185 g/mol. The summed E-state index contributed by atoms with van der Waals surface area (Å²) >= 11 is 0. The van der Waals surface area contributed by atoms with E-state index in [1.165, 1.54) is 6.07 Å². The van der Waals surface area contributed by atoms with Crippen molar-refractivity contribution in [1.82, 2.24) is 0 Å².